The van der Waals surface area contributed by atoms with Crippen LogP contribution in [0.4, 0.5) is 0 Å². The summed E-state index contributed by atoms with van der Waals surface area (Å²) in [7, 11) is 1.32. The van der Waals surface area contributed by atoms with E-state index < -0.39 is 5.79 Å². The molecule has 1 fully saturated rings. The molecule has 0 spiro atoms. The fourth-order valence-electron chi connectivity index (χ4n) is 3.58. The quantitative estimate of drug-likeness (QED) is 0.229. The first-order chi connectivity index (χ1) is 12.7. The van der Waals surface area contributed by atoms with E-state index >= 15 is 0 Å². The smallest absolute Gasteiger partial charge is 0.160 e. The van der Waals surface area contributed by atoms with Crippen LogP contribution in [0.15, 0.2) is 18.6 Å². The summed E-state index contributed by atoms with van der Waals surface area (Å²) < 4.78 is 13.7. The second-order valence-corrected chi connectivity index (χ2v) is 9.05. The van der Waals surface area contributed by atoms with E-state index in [4.69, 9.17) is 20.5 Å². The van der Waals surface area contributed by atoms with Crippen molar-refractivity contribution in [1.82, 2.24) is 14.5 Å². The van der Waals surface area contributed by atoms with Crippen molar-refractivity contribution in [2.24, 2.45) is 5.41 Å². The van der Waals surface area contributed by atoms with Gasteiger partial charge >= 0.3 is 0 Å². The van der Waals surface area contributed by atoms with Gasteiger partial charge in [-0.2, -0.15) is 0 Å². The topological polar surface area (TPSA) is 69.4 Å². The number of nitrogens with zero attached hydrogens (tertiary/aromatic N) is 3. The third kappa shape index (κ3) is 5.48. The first kappa shape index (κ1) is 23.2. The Labute approximate surface area is 182 Å². The molecular formula is C18H27ClIN3O3S. The highest BCUT2D eigenvalue weighted by molar-refractivity contribution is 14.2. The maximum Gasteiger partial charge on any atom is 0.160 e. The SMILES string of the molecule is CC.CC(C)(O)O[C@H]1CC(n2ccc3c(Cl)ncnc32)C[C@]1(C)COSI. The van der Waals surface area contributed by atoms with E-state index in [1.54, 1.807) is 13.8 Å². The molecule has 2 aromatic heterocycles. The maximum absolute atomic E-state index is 10.1. The largest absolute Gasteiger partial charge is 0.366 e. The Balaban J connectivity index is 0.00000126. The molecule has 1 saturated carbocycles. The summed E-state index contributed by atoms with van der Waals surface area (Å²) in [6.07, 6.45) is 4.97. The Morgan fingerprint density at radius 3 is 2.78 bits per heavy atom. The van der Waals surface area contributed by atoms with Crippen molar-refractivity contribution >= 4 is 53.1 Å². The number of halogens is 2. The molecule has 2 aromatic rings. The summed E-state index contributed by atoms with van der Waals surface area (Å²) in [5, 5.41) is 11.4. The van der Waals surface area contributed by atoms with Crippen molar-refractivity contribution in [3.05, 3.63) is 23.7 Å². The number of ether oxygens (including phenoxy) is 1. The maximum atomic E-state index is 10.1. The third-order valence-corrected chi connectivity index (χ3v) is 5.95. The minimum atomic E-state index is -1.19. The second-order valence-electron chi connectivity index (χ2n) is 7.25. The van der Waals surface area contributed by atoms with E-state index in [-0.39, 0.29) is 17.6 Å². The van der Waals surface area contributed by atoms with E-state index in [9.17, 15) is 5.11 Å². The van der Waals surface area contributed by atoms with Crippen LogP contribution in [0.25, 0.3) is 11.0 Å². The highest BCUT2D eigenvalue weighted by Gasteiger charge is 2.47. The van der Waals surface area contributed by atoms with Crippen LogP contribution in [0.1, 0.15) is 53.5 Å². The van der Waals surface area contributed by atoms with Crippen LogP contribution in [0, 0.1) is 5.41 Å². The van der Waals surface area contributed by atoms with Crippen molar-refractivity contribution in [2.75, 3.05) is 6.61 Å². The molecule has 0 bridgehead atoms. The van der Waals surface area contributed by atoms with Crippen LogP contribution in [0.2, 0.25) is 5.15 Å². The van der Waals surface area contributed by atoms with Crippen LogP contribution >= 0.6 is 42.0 Å². The molecular weight excluding hydrogens is 501 g/mol. The van der Waals surface area contributed by atoms with Crippen LogP contribution in [0.5, 0.6) is 0 Å². The van der Waals surface area contributed by atoms with Crippen LogP contribution in [0.3, 0.4) is 0 Å². The predicted octanol–water partition coefficient (Wildman–Crippen LogP) is 5.58. The van der Waals surface area contributed by atoms with E-state index in [0.717, 1.165) is 23.9 Å². The molecule has 1 aliphatic carbocycles. The molecule has 2 heterocycles. The van der Waals surface area contributed by atoms with E-state index in [2.05, 4.69) is 42.7 Å². The lowest BCUT2D eigenvalue weighted by Gasteiger charge is -2.34. The molecule has 1 unspecified atom stereocenters. The predicted molar refractivity (Wildman–Crippen MR) is 119 cm³/mol. The van der Waals surface area contributed by atoms with Crippen LogP contribution in [-0.4, -0.2) is 38.1 Å². The van der Waals surface area contributed by atoms with Gasteiger partial charge in [0.15, 0.2) is 5.79 Å². The first-order valence-electron chi connectivity index (χ1n) is 9.01. The van der Waals surface area contributed by atoms with Gasteiger partial charge in [-0.3, -0.25) is 0 Å². The fourth-order valence-corrected chi connectivity index (χ4v) is 4.46. The Morgan fingerprint density at radius 2 is 2.15 bits per heavy atom. The number of rotatable bonds is 6. The molecule has 1 N–H and O–H groups in total. The molecule has 3 rings (SSSR count). The van der Waals surface area contributed by atoms with Crippen molar-refractivity contribution in [3.8, 4) is 0 Å². The molecule has 0 aliphatic heterocycles. The average Bonchev–Trinajstić information content (AvgIpc) is 3.17. The molecule has 6 nitrogen and oxygen atoms in total. The zero-order valence-electron chi connectivity index (χ0n) is 16.3. The molecule has 0 aromatic carbocycles. The standard InChI is InChI=1S/C16H21ClIN3O3S.C2H6/c1-15(2,22)24-12-6-10(7-16(12,3)8-23-25-18)21-5-4-11-13(17)19-9-20-14(11)21;1-2/h4-5,9-10,12,22H,6-8H2,1-3H3;1-2H3/t10?,12-,16+;/m0./s1. The van der Waals surface area contributed by atoms with E-state index in [1.807, 2.05) is 26.1 Å². The van der Waals surface area contributed by atoms with Crippen LogP contribution in [-0.2, 0) is 8.92 Å². The lowest BCUT2D eigenvalue weighted by atomic mass is 9.87. The van der Waals surface area contributed by atoms with Gasteiger partial charge in [-0.25, -0.2) is 9.97 Å². The molecule has 152 valence electrons. The zero-order chi connectivity index (χ0) is 20.2. The van der Waals surface area contributed by atoms with E-state index in [1.165, 1.54) is 15.5 Å². The molecule has 1 aliphatic rings. The number of fused-ring (bicyclic) bond motifs is 1. The molecule has 0 saturated heterocycles. The summed E-state index contributed by atoms with van der Waals surface area (Å²) in [5.41, 5.74) is 0.608. The summed E-state index contributed by atoms with van der Waals surface area (Å²) in [6, 6.07) is 2.12. The van der Waals surface area contributed by atoms with E-state index in [0.29, 0.717) is 11.8 Å². The second kappa shape index (κ2) is 9.58. The van der Waals surface area contributed by atoms with Gasteiger partial charge in [-0.05, 0) is 32.8 Å². The highest BCUT2D eigenvalue weighted by atomic mass is 127. The molecule has 9 heteroatoms. The summed E-state index contributed by atoms with van der Waals surface area (Å²) in [6.45, 7) is 10.0. The summed E-state index contributed by atoms with van der Waals surface area (Å²) in [4.78, 5) is 8.44. The molecule has 3 atom stereocenters. The van der Waals surface area contributed by atoms with Crippen molar-refractivity contribution in [1.29, 1.82) is 0 Å². The Morgan fingerprint density at radius 1 is 1.44 bits per heavy atom. The number of aromatic nitrogens is 3. The first-order valence-corrected chi connectivity index (χ1v) is 12.7. The zero-order valence-corrected chi connectivity index (χ0v) is 20.0. The fraction of sp³-hybridized carbons (Fsp3) is 0.667. The van der Waals surface area contributed by atoms with Crippen molar-refractivity contribution < 1.29 is 14.0 Å². The average molecular weight is 528 g/mol. The molecule has 0 radical (unpaired) electrons. The third-order valence-electron chi connectivity index (χ3n) is 4.68. The van der Waals surface area contributed by atoms with Gasteiger partial charge in [0, 0.05) is 38.9 Å². The minimum absolute atomic E-state index is 0.129. The Bertz CT molecular complexity index is 755. The van der Waals surface area contributed by atoms with Gasteiger partial charge in [-0.1, -0.05) is 32.4 Å². The number of hydrogen-bond donors (Lipinski definition) is 1. The minimum Gasteiger partial charge on any atom is -0.366 e. The lowest BCUT2D eigenvalue weighted by Crippen LogP contribution is -2.39. The summed E-state index contributed by atoms with van der Waals surface area (Å²) in [5.74, 6) is -1.19. The van der Waals surface area contributed by atoms with Crippen molar-refractivity contribution in [2.45, 2.75) is 65.4 Å². The molecule has 27 heavy (non-hydrogen) atoms. The van der Waals surface area contributed by atoms with Gasteiger partial charge in [0.25, 0.3) is 0 Å². The van der Waals surface area contributed by atoms with Crippen molar-refractivity contribution in [3.63, 3.8) is 0 Å². The van der Waals surface area contributed by atoms with Gasteiger partial charge in [-0.15, -0.1) is 0 Å². The number of aliphatic hydroxyl groups is 1. The van der Waals surface area contributed by atoms with Gasteiger partial charge < -0.3 is 18.6 Å². The van der Waals surface area contributed by atoms with Gasteiger partial charge in [0.05, 0.1) is 27.3 Å². The number of hydrogen-bond acceptors (Lipinski definition) is 6. The normalized spacial score (nSPS) is 25.5. The Hall–Kier alpha value is -0.130. The van der Waals surface area contributed by atoms with Crippen LogP contribution < -0.4 is 0 Å². The highest BCUT2D eigenvalue weighted by Crippen LogP contribution is 2.48. The van der Waals surface area contributed by atoms with Gasteiger partial charge in [0.1, 0.15) is 17.1 Å². The Kier molecular flexibility index (Phi) is 8.21. The summed E-state index contributed by atoms with van der Waals surface area (Å²) >= 11 is 8.29. The monoisotopic (exact) mass is 527 g/mol. The molecule has 0 amide bonds. The lowest BCUT2D eigenvalue weighted by molar-refractivity contribution is -0.226. The van der Waals surface area contributed by atoms with Gasteiger partial charge in [0.2, 0.25) is 0 Å².